The highest BCUT2D eigenvalue weighted by molar-refractivity contribution is 5.93. The van der Waals surface area contributed by atoms with Crippen molar-refractivity contribution in [1.29, 1.82) is 0 Å². The molecule has 9 aliphatic heterocycles. The fourth-order valence-corrected chi connectivity index (χ4v) is 9.99. The summed E-state index contributed by atoms with van der Waals surface area (Å²) in [6.45, 7) is 28.1. The van der Waals surface area contributed by atoms with Gasteiger partial charge in [-0.2, -0.15) is 0 Å². The molecule has 9 fully saturated rings. The molecule has 0 saturated carbocycles. The largest absolute Gasteiger partial charge is 0.396 e. The Balaban J connectivity index is 0.000000911. The van der Waals surface area contributed by atoms with Crippen molar-refractivity contribution in [1.82, 2.24) is 47.9 Å². The first-order valence-corrected chi connectivity index (χ1v) is 29.4. The molecule has 22 nitrogen and oxygen atoms in total. The highest BCUT2D eigenvalue weighted by atomic mass is 19.1. The number of nitrogens with one attached hydrogen (secondary N) is 9. The van der Waals surface area contributed by atoms with Crippen molar-refractivity contribution in [3.8, 4) is 0 Å². The summed E-state index contributed by atoms with van der Waals surface area (Å²) in [6, 6.07) is 0.427. The van der Waals surface area contributed by atoms with Crippen molar-refractivity contribution >= 4 is 63.7 Å². The molecule has 23 heteroatoms. The minimum atomic E-state index is -0.820. The molecule has 0 bridgehead atoms. The molecule has 9 saturated heterocycles. The molecule has 9 rings (SSSR count). The average Bonchev–Trinajstić information content (AvgIpc) is 4.26. The number of alkyl halides is 1. The van der Waals surface area contributed by atoms with Gasteiger partial charge in [-0.05, 0) is 157 Å². The van der Waals surface area contributed by atoms with Gasteiger partial charge in [0.1, 0.15) is 58.2 Å². The van der Waals surface area contributed by atoms with Crippen LogP contribution in [0.3, 0.4) is 0 Å². The quantitative estimate of drug-likeness (QED) is 0.148. The Hall–Kier alpha value is -4.30. The number of carbonyl (C=O) groups excluding carboxylic acids is 11. The number of hydrogen-bond acceptors (Lipinski definition) is 21. The second-order valence-corrected chi connectivity index (χ2v) is 24.2. The Morgan fingerprint density at radius 3 is 1.25 bits per heavy atom. The zero-order chi connectivity index (χ0) is 62.4. The summed E-state index contributed by atoms with van der Waals surface area (Å²) in [6.07, 6.45) is 8.53. The molecule has 9 heterocycles. The number of aliphatic hydroxyl groups is 2. The highest BCUT2D eigenvalue weighted by Crippen LogP contribution is 2.27. The van der Waals surface area contributed by atoms with E-state index in [2.05, 4.69) is 75.5 Å². The number of hydrogen-bond donors (Lipinski definition) is 11. The lowest BCUT2D eigenvalue weighted by atomic mass is 9.90. The number of amides is 1. The number of Topliss-reactive ketones (excluding diaryl/α,β-unsaturated/α-hetero) is 10. The number of halogens is 1. The van der Waals surface area contributed by atoms with Gasteiger partial charge in [0.05, 0.1) is 67.0 Å². The first-order chi connectivity index (χ1) is 38.2. The molecule has 83 heavy (non-hydrogen) atoms. The molecule has 9 aliphatic rings. The van der Waals surface area contributed by atoms with Crippen molar-refractivity contribution in [2.75, 3.05) is 52.4 Å². The van der Waals surface area contributed by atoms with E-state index in [9.17, 15) is 57.1 Å². The normalized spacial score (nSPS) is 31.2. The minimum Gasteiger partial charge on any atom is -0.396 e. The van der Waals surface area contributed by atoms with Crippen LogP contribution < -0.4 is 47.9 Å². The summed E-state index contributed by atoms with van der Waals surface area (Å²) in [5.41, 5.74) is 0.316. The van der Waals surface area contributed by atoms with Gasteiger partial charge in [-0.1, -0.05) is 28.2 Å². The van der Waals surface area contributed by atoms with E-state index < -0.39 is 6.17 Å². The van der Waals surface area contributed by atoms with Gasteiger partial charge in [-0.3, -0.25) is 52.7 Å². The fourth-order valence-electron chi connectivity index (χ4n) is 9.99. The smallest absolute Gasteiger partial charge is 0.220 e. The van der Waals surface area contributed by atoms with Gasteiger partial charge in [0.25, 0.3) is 0 Å². The third kappa shape index (κ3) is 33.8. The van der Waals surface area contributed by atoms with Crippen LogP contribution in [0.4, 0.5) is 4.39 Å². The van der Waals surface area contributed by atoms with Gasteiger partial charge in [0.15, 0.2) is 5.78 Å². The summed E-state index contributed by atoms with van der Waals surface area (Å²) in [5.74, 6) is 2.64. The van der Waals surface area contributed by atoms with Crippen molar-refractivity contribution in [3.05, 3.63) is 0 Å². The van der Waals surface area contributed by atoms with Gasteiger partial charge in [0, 0.05) is 58.1 Å². The molecule has 0 aromatic carbocycles. The van der Waals surface area contributed by atoms with Crippen LogP contribution in [0.2, 0.25) is 0 Å². The van der Waals surface area contributed by atoms with E-state index >= 15 is 0 Å². The number of rotatable bonds is 10. The Labute approximate surface area is 494 Å². The van der Waals surface area contributed by atoms with Gasteiger partial charge in [-0.15, -0.1) is 0 Å². The van der Waals surface area contributed by atoms with Crippen molar-refractivity contribution in [3.63, 3.8) is 0 Å². The van der Waals surface area contributed by atoms with Crippen molar-refractivity contribution in [2.45, 2.75) is 247 Å². The van der Waals surface area contributed by atoms with Crippen LogP contribution in [0.1, 0.15) is 174 Å². The van der Waals surface area contributed by atoms with E-state index in [1.807, 2.05) is 0 Å². The number of ketones is 10. The molecule has 0 aliphatic carbocycles. The predicted octanol–water partition coefficient (Wildman–Crippen LogP) is 1.70. The van der Waals surface area contributed by atoms with Gasteiger partial charge >= 0.3 is 0 Å². The van der Waals surface area contributed by atoms with Gasteiger partial charge < -0.3 is 58.1 Å². The van der Waals surface area contributed by atoms with Crippen LogP contribution >= 0.6 is 0 Å². The molecule has 11 N–H and O–H groups in total. The van der Waals surface area contributed by atoms with Gasteiger partial charge in [0.2, 0.25) is 5.91 Å². The van der Waals surface area contributed by atoms with Crippen molar-refractivity contribution in [2.24, 2.45) is 17.3 Å². The Bertz CT molecular complexity index is 1940. The molecule has 0 aromatic heterocycles. The van der Waals surface area contributed by atoms with E-state index in [-0.39, 0.29) is 144 Å². The number of aliphatic hydroxyl groups excluding tert-OH is 2. The fraction of sp³-hybridized carbons (Fsp3) is 0.817. The van der Waals surface area contributed by atoms with Gasteiger partial charge in [-0.25, -0.2) is 4.39 Å². The second-order valence-electron chi connectivity index (χ2n) is 24.2. The third-order valence-corrected chi connectivity index (χ3v) is 15.4. The topological polar surface area (TPSA) is 336 Å². The molecule has 0 aromatic rings. The second kappa shape index (κ2) is 40.9. The summed E-state index contributed by atoms with van der Waals surface area (Å²) in [5, 5.41) is 44.4. The van der Waals surface area contributed by atoms with E-state index in [1.165, 1.54) is 27.7 Å². The Morgan fingerprint density at radius 2 is 1.02 bits per heavy atom. The SMILES string of the molecule is C.CC(=O)[C@@H]1CC(=O)CN1.CC(=O)[C@@H]1CC(C)(C)CN1.CC(=O)[C@@H]1CCC(=O)N1.CC(=O)[C@@H]1CCCN1.CC(=O)[C@@H]1CC[C@@H](C)N1.CC(=O)[C@@H]1C[C@@H](C)CN1.CC(=O)[C@@H]1C[C@@H](CO)CN1.CC(=O)[C@@H]1C[C@@H](F)CN1.CC(=O)[C@@H]1C[C@H](O)CN1. The van der Waals surface area contributed by atoms with Crippen LogP contribution in [0, 0.1) is 17.3 Å². The van der Waals surface area contributed by atoms with E-state index in [1.54, 1.807) is 34.6 Å². The molecular weight excluding hydrogens is 1070 g/mol. The first-order valence-electron chi connectivity index (χ1n) is 29.4. The first kappa shape index (κ1) is 78.7. The molecule has 14 atom stereocenters. The lowest BCUT2D eigenvalue weighted by Gasteiger charge is -2.13. The number of carbonyl (C=O) groups is 11. The summed E-state index contributed by atoms with van der Waals surface area (Å²) in [4.78, 5) is 117. The average molecular weight is 1180 g/mol. The molecule has 0 spiro atoms. The predicted molar refractivity (Wildman–Crippen MR) is 319 cm³/mol. The molecule has 0 unspecified atom stereocenters. The zero-order valence-electron chi connectivity index (χ0n) is 51.5. The number of β-amino-alcohol motifs (C(OH)–C–C–N with tert-alkyl or cyclic N) is 1. The summed E-state index contributed by atoms with van der Waals surface area (Å²) < 4.78 is 12.3. The summed E-state index contributed by atoms with van der Waals surface area (Å²) in [7, 11) is 0. The molecule has 0 radical (unpaired) electrons. The zero-order valence-corrected chi connectivity index (χ0v) is 51.5. The van der Waals surface area contributed by atoms with Crippen LogP contribution in [0.15, 0.2) is 0 Å². The monoisotopic (exact) mass is 1180 g/mol. The Kier molecular flexibility index (Phi) is 38.8. The standard InChI is InChI=1S/C8H15NO.C7H13NO2.2C7H13NO.C6H10FNO.C6H11NO2.2C6H9NO2.C6H11NO.CH4/c1-6(10)7-4-8(2,3)5-9-7;1-5(10)7-2-6(4-9)3-8-7;1-5-3-7(6(2)9)8-4-5;1-5-3-4-7(8-5)6(2)9;1-4(9)6-2-5(7)3-8-6;2*1-4(8)6-2-5(9)3-7-6;1-4(8)5-2-3-6(9)7-5;1-5(8)6-3-2-4-7-6;/h7,9H,4-5H2,1-3H3;6-9H,2-4H2,1H3;2*5,7-8H,3-4H2,1-2H3;5-6,8H,2-3H2,1H3;5-7,9H,2-3H2,1H3;6-7H,2-3H2,1H3;5H,2-3H2,1H3,(H,7,9);6-7H,2-4H2,1H3;1H4/t7-;6-,7+;2*5-,7+;5-,6+;5-,6-;6-;5-;6-;/m011110000./s1. The molecule has 478 valence electrons. The van der Waals surface area contributed by atoms with Crippen LogP contribution in [0.5, 0.6) is 0 Å². The third-order valence-electron chi connectivity index (χ3n) is 15.4. The molecule has 1 amide bonds. The lowest BCUT2D eigenvalue weighted by molar-refractivity contribution is -0.123. The maximum atomic E-state index is 12.3. The Morgan fingerprint density at radius 1 is 0.530 bits per heavy atom. The van der Waals surface area contributed by atoms with Crippen LogP contribution in [-0.4, -0.2) is 199 Å². The van der Waals surface area contributed by atoms with Crippen LogP contribution in [-0.2, 0) is 52.7 Å². The lowest BCUT2D eigenvalue weighted by Crippen LogP contribution is -2.32. The van der Waals surface area contributed by atoms with E-state index in [0.29, 0.717) is 69.1 Å². The maximum absolute atomic E-state index is 12.3. The van der Waals surface area contributed by atoms with Crippen molar-refractivity contribution < 1.29 is 67.3 Å². The van der Waals surface area contributed by atoms with E-state index in [0.717, 1.165) is 71.1 Å². The minimum absolute atomic E-state index is 0. The van der Waals surface area contributed by atoms with E-state index in [4.69, 9.17) is 10.2 Å². The van der Waals surface area contributed by atoms with Crippen LogP contribution in [0.25, 0.3) is 0 Å². The highest BCUT2D eigenvalue weighted by Gasteiger charge is 2.33. The summed E-state index contributed by atoms with van der Waals surface area (Å²) >= 11 is 0. The molecular formula is C60H108FN9O13. The maximum Gasteiger partial charge on any atom is 0.220 e.